The van der Waals surface area contributed by atoms with Crippen molar-refractivity contribution < 1.29 is 29.2 Å². The average Bonchev–Trinajstić information content (AvgIpc) is 3.14. The lowest BCUT2D eigenvalue weighted by Crippen LogP contribution is -2.46. The van der Waals surface area contributed by atoms with Gasteiger partial charge in [-0.1, -0.05) is 19.1 Å². The number of benzene rings is 1. The van der Waals surface area contributed by atoms with E-state index < -0.39 is 17.4 Å². The maximum atomic E-state index is 12.4. The fourth-order valence-electron chi connectivity index (χ4n) is 4.23. The number of carboxylic acid groups (broad SMARTS) is 2. The van der Waals surface area contributed by atoms with Crippen LogP contribution >= 0.6 is 0 Å². The van der Waals surface area contributed by atoms with Gasteiger partial charge in [0.25, 0.3) is 0 Å². The summed E-state index contributed by atoms with van der Waals surface area (Å²) in [6.07, 6.45) is 0.537. The number of aromatic nitrogens is 2. The van der Waals surface area contributed by atoms with Crippen molar-refractivity contribution in [3.8, 4) is 0 Å². The molecule has 0 spiro atoms. The number of rotatable bonds is 6. The number of carboxylic acids is 2. The van der Waals surface area contributed by atoms with Crippen LogP contribution in [0, 0.1) is 0 Å². The Morgan fingerprint density at radius 1 is 1.18 bits per heavy atom. The van der Waals surface area contributed by atoms with Crippen LogP contribution in [0.3, 0.4) is 0 Å². The molecule has 0 radical (unpaired) electrons. The highest BCUT2D eigenvalue weighted by Gasteiger charge is 2.52. The quantitative estimate of drug-likeness (QED) is 0.717. The number of carbonyl (C=O) groups excluding carboxylic acids is 1. The molecular formula is C19H19N3O6. The molecule has 2 N–H and O–H groups in total. The zero-order valence-electron chi connectivity index (χ0n) is 15.6. The minimum Gasteiger partial charge on any atom is -0.478 e. The maximum Gasteiger partial charge on any atom is 0.335 e. The minimum atomic E-state index is -1.61. The van der Waals surface area contributed by atoms with Crippen molar-refractivity contribution in [3.05, 3.63) is 46.3 Å². The van der Waals surface area contributed by atoms with Gasteiger partial charge >= 0.3 is 11.9 Å². The molecule has 1 atom stereocenters. The fraction of sp³-hybridized carbons (Fsp3) is 0.316. The standard InChI is InChI=1S/C19H19N3O6/c1-4-19(11-7-6-8-12-16(11)21-28-20-12)14(17(24)25)10(3)22(5-2)13(9-23)15(19)18(26)27/h6-9H,4-5H2,1-3H3,(H,24,25)(H,26,27). The Morgan fingerprint density at radius 2 is 1.86 bits per heavy atom. The molecule has 9 nitrogen and oxygen atoms in total. The fourth-order valence-corrected chi connectivity index (χ4v) is 4.23. The third-order valence-corrected chi connectivity index (χ3v) is 5.30. The second-order valence-corrected chi connectivity index (χ2v) is 6.39. The molecule has 3 rings (SSSR count). The summed E-state index contributed by atoms with van der Waals surface area (Å²) in [4.78, 5) is 38.1. The lowest BCUT2D eigenvalue weighted by atomic mass is 9.63. The molecule has 1 aliphatic heterocycles. The number of aldehydes is 1. The second-order valence-electron chi connectivity index (χ2n) is 6.39. The molecule has 28 heavy (non-hydrogen) atoms. The molecule has 1 aromatic heterocycles. The first kappa shape index (κ1) is 19.3. The van der Waals surface area contributed by atoms with E-state index in [-0.39, 0.29) is 35.3 Å². The SMILES string of the molecule is CCN1C(C)=C(C(=O)O)C(CC)(c2cccc3nonc23)C(C(=O)O)=C1C=O. The average molecular weight is 385 g/mol. The van der Waals surface area contributed by atoms with E-state index in [4.69, 9.17) is 4.63 Å². The molecule has 0 fully saturated rings. The zero-order chi connectivity index (χ0) is 20.6. The highest BCUT2D eigenvalue weighted by molar-refractivity contribution is 6.05. The molecule has 0 amide bonds. The number of likely N-dealkylation sites (N-methyl/N-ethyl adjacent to an activating group) is 1. The minimum absolute atomic E-state index is 0.0761. The van der Waals surface area contributed by atoms with Gasteiger partial charge < -0.3 is 15.1 Å². The van der Waals surface area contributed by atoms with E-state index in [0.29, 0.717) is 23.1 Å². The Morgan fingerprint density at radius 3 is 2.39 bits per heavy atom. The molecule has 1 unspecified atom stereocenters. The van der Waals surface area contributed by atoms with Crippen molar-refractivity contribution in [1.82, 2.24) is 15.2 Å². The number of carbonyl (C=O) groups is 3. The number of allylic oxidation sites excluding steroid dienone is 2. The van der Waals surface area contributed by atoms with Crippen molar-refractivity contribution in [2.24, 2.45) is 0 Å². The van der Waals surface area contributed by atoms with Crippen LogP contribution in [-0.2, 0) is 19.8 Å². The summed E-state index contributed by atoms with van der Waals surface area (Å²) >= 11 is 0. The van der Waals surface area contributed by atoms with Crippen LogP contribution < -0.4 is 0 Å². The summed E-state index contributed by atoms with van der Waals surface area (Å²) < 4.78 is 4.79. The van der Waals surface area contributed by atoms with Crippen molar-refractivity contribution >= 4 is 29.3 Å². The van der Waals surface area contributed by atoms with E-state index in [9.17, 15) is 24.6 Å². The van der Waals surface area contributed by atoms with E-state index in [0.717, 1.165) is 0 Å². The van der Waals surface area contributed by atoms with Crippen LogP contribution in [0.25, 0.3) is 11.0 Å². The number of hydrogen-bond donors (Lipinski definition) is 2. The van der Waals surface area contributed by atoms with Gasteiger partial charge in [-0.05, 0) is 42.2 Å². The molecule has 1 aliphatic rings. The van der Waals surface area contributed by atoms with Crippen LogP contribution in [0.1, 0.15) is 32.8 Å². The summed E-state index contributed by atoms with van der Waals surface area (Å²) in [6, 6.07) is 4.85. The molecule has 1 aromatic carbocycles. The first-order valence-electron chi connectivity index (χ1n) is 8.72. The Hall–Kier alpha value is -3.49. The Kier molecular flexibility index (Phi) is 4.76. The van der Waals surface area contributed by atoms with E-state index in [1.807, 2.05) is 0 Å². The predicted molar refractivity (Wildman–Crippen MR) is 97.2 cm³/mol. The van der Waals surface area contributed by atoms with Gasteiger partial charge in [0.2, 0.25) is 0 Å². The highest BCUT2D eigenvalue weighted by atomic mass is 16.6. The van der Waals surface area contributed by atoms with Gasteiger partial charge in [0.05, 0.1) is 22.3 Å². The third kappa shape index (κ3) is 2.43. The first-order chi connectivity index (χ1) is 13.3. The molecular weight excluding hydrogens is 366 g/mol. The Bertz CT molecular complexity index is 1050. The largest absolute Gasteiger partial charge is 0.478 e. The van der Waals surface area contributed by atoms with Gasteiger partial charge in [0, 0.05) is 12.2 Å². The summed E-state index contributed by atoms with van der Waals surface area (Å²) in [5.74, 6) is -2.64. The van der Waals surface area contributed by atoms with E-state index >= 15 is 0 Å². The maximum absolute atomic E-state index is 12.4. The molecule has 0 saturated heterocycles. The van der Waals surface area contributed by atoms with Crippen LogP contribution in [-0.4, -0.2) is 50.2 Å². The monoisotopic (exact) mass is 385 g/mol. The molecule has 0 bridgehead atoms. The first-order valence-corrected chi connectivity index (χ1v) is 8.72. The van der Waals surface area contributed by atoms with Gasteiger partial charge in [0.15, 0.2) is 6.29 Å². The number of fused-ring (bicyclic) bond motifs is 1. The normalized spacial score (nSPS) is 20.0. The lowest BCUT2D eigenvalue weighted by molar-refractivity contribution is -0.135. The Labute approximate surface area is 159 Å². The van der Waals surface area contributed by atoms with E-state index in [1.165, 1.54) is 4.90 Å². The molecule has 2 heterocycles. The van der Waals surface area contributed by atoms with E-state index in [1.54, 1.807) is 39.0 Å². The third-order valence-electron chi connectivity index (χ3n) is 5.30. The Balaban J connectivity index is 2.56. The summed E-state index contributed by atoms with van der Waals surface area (Å²) in [5.41, 5.74) is -0.862. The summed E-state index contributed by atoms with van der Waals surface area (Å²) in [5, 5.41) is 27.8. The van der Waals surface area contributed by atoms with Crippen molar-refractivity contribution in [3.63, 3.8) is 0 Å². The van der Waals surface area contributed by atoms with Gasteiger partial charge in [-0.3, -0.25) is 4.79 Å². The van der Waals surface area contributed by atoms with Crippen LogP contribution in [0.15, 0.2) is 45.4 Å². The predicted octanol–water partition coefficient (Wildman–Crippen LogP) is 2.10. The van der Waals surface area contributed by atoms with Gasteiger partial charge in [-0.2, -0.15) is 0 Å². The number of nitrogens with zero attached hydrogens (tertiary/aromatic N) is 3. The molecule has 0 saturated carbocycles. The van der Waals surface area contributed by atoms with Crippen molar-refractivity contribution in [2.45, 2.75) is 32.6 Å². The lowest BCUT2D eigenvalue weighted by Gasteiger charge is -2.43. The van der Waals surface area contributed by atoms with Gasteiger partial charge in [-0.15, -0.1) is 0 Å². The highest BCUT2D eigenvalue weighted by Crippen LogP contribution is 2.50. The van der Waals surface area contributed by atoms with Crippen LogP contribution in [0.5, 0.6) is 0 Å². The topological polar surface area (TPSA) is 134 Å². The van der Waals surface area contributed by atoms with E-state index in [2.05, 4.69) is 10.3 Å². The van der Waals surface area contributed by atoms with Crippen LogP contribution in [0.4, 0.5) is 0 Å². The number of hydrogen-bond acceptors (Lipinski definition) is 7. The van der Waals surface area contributed by atoms with Gasteiger partial charge in [0.1, 0.15) is 11.0 Å². The molecule has 2 aromatic rings. The zero-order valence-corrected chi connectivity index (χ0v) is 15.6. The van der Waals surface area contributed by atoms with Crippen molar-refractivity contribution in [2.75, 3.05) is 6.54 Å². The second kappa shape index (κ2) is 6.91. The summed E-state index contributed by atoms with van der Waals surface area (Å²) in [7, 11) is 0. The molecule has 146 valence electrons. The molecule has 9 heteroatoms. The smallest absolute Gasteiger partial charge is 0.335 e. The van der Waals surface area contributed by atoms with Crippen LogP contribution in [0.2, 0.25) is 0 Å². The number of aliphatic carboxylic acids is 2. The van der Waals surface area contributed by atoms with Gasteiger partial charge in [-0.25, -0.2) is 14.2 Å². The summed E-state index contributed by atoms with van der Waals surface area (Å²) in [6.45, 7) is 5.20. The molecule has 0 aliphatic carbocycles. The van der Waals surface area contributed by atoms with Crippen molar-refractivity contribution in [1.29, 1.82) is 0 Å².